The number of aryl methyl sites for hydroxylation is 1. The van der Waals surface area contributed by atoms with Crippen molar-refractivity contribution in [1.82, 2.24) is 14.9 Å². The zero-order valence-corrected chi connectivity index (χ0v) is 30.8. The Morgan fingerprint density at radius 3 is 2.30 bits per heavy atom. The molecule has 1 aromatic carbocycles. The van der Waals surface area contributed by atoms with Gasteiger partial charge >= 0.3 is 6.09 Å². The van der Waals surface area contributed by atoms with E-state index >= 15 is 0 Å². The molecule has 0 N–H and O–H groups in total. The predicted molar refractivity (Wildman–Crippen MR) is 193 cm³/mol. The van der Waals surface area contributed by atoms with Gasteiger partial charge in [-0.05, 0) is 117 Å². The summed E-state index contributed by atoms with van der Waals surface area (Å²) in [5, 5.41) is 0. The number of hydrogen-bond donors (Lipinski definition) is 0. The fourth-order valence-electron chi connectivity index (χ4n) is 8.94. The second-order valence-electron chi connectivity index (χ2n) is 16.9. The molecule has 8 rings (SSSR count). The molecule has 2 amide bonds. The molecule has 9 heteroatoms. The number of anilines is 1. The van der Waals surface area contributed by atoms with E-state index in [4.69, 9.17) is 23.9 Å². The highest BCUT2D eigenvalue weighted by molar-refractivity contribution is 5.95. The van der Waals surface area contributed by atoms with Crippen LogP contribution in [0.15, 0.2) is 47.2 Å². The molecular formula is C41H54N4O5. The van der Waals surface area contributed by atoms with Crippen molar-refractivity contribution in [3.05, 3.63) is 59.8 Å². The second-order valence-corrected chi connectivity index (χ2v) is 16.9. The van der Waals surface area contributed by atoms with Crippen molar-refractivity contribution in [2.75, 3.05) is 31.6 Å². The smallest absolute Gasteiger partial charge is 0.410 e. The Bertz CT molecular complexity index is 1690. The van der Waals surface area contributed by atoms with Gasteiger partial charge in [-0.15, -0.1) is 0 Å². The molecule has 1 aliphatic heterocycles. The van der Waals surface area contributed by atoms with Gasteiger partial charge in [0.05, 0.1) is 7.11 Å². The van der Waals surface area contributed by atoms with E-state index in [9.17, 15) is 9.59 Å². The van der Waals surface area contributed by atoms with E-state index in [0.29, 0.717) is 49.9 Å². The molecule has 9 nitrogen and oxygen atoms in total. The third-order valence-electron chi connectivity index (χ3n) is 12.2. The number of benzene rings is 1. The van der Waals surface area contributed by atoms with Gasteiger partial charge in [0.1, 0.15) is 29.6 Å². The standard InChI is InChI=1S/C41H54N4O5/c1-27-23-44(24-27)38(47)50-32-10-7-29(8-11-32)36(46)45(35-22-30(13-20-42-35)33-25-49-37(43-33)39(3,4)5)26-40-14-17-41(18-15-40,19-16-40)31-9-12-34(48-6)28(2)21-31/h9,12-13,20-22,25,27,29,32H,7-8,10-11,14-19,23-24,26H2,1-6H3/t29-,32-,40?,41?. The van der Waals surface area contributed by atoms with Gasteiger partial charge in [-0.2, -0.15) is 0 Å². The third kappa shape index (κ3) is 6.76. The molecule has 3 heterocycles. The monoisotopic (exact) mass is 682 g/mol. The lowest BCUT2D eigenvalue weighted by Crippen LogP contribution is -2.52. The minimum absolute atomic E-state index is 0.0466. The van der Waals surface area contributed by atoms with Crippen molar-refractivity contribution in [2.24, 2.45) is 17.3 Å². The van der Waals surface area contributed by atoms with Crippen LogP contribution in [0.4, 0.5) is 10.6 Å². The maximum absolute atomic E-state index is 14.7. The number of fused-ring (bicyclic) bond motifs is 3. The molecule has 268 valence electrons. The molecule has 3 aromatic rings. The van der Waals surface area contributed by atoms with Crippen LogP contribution in [0.5, 0.6) is 5.75 Å². The lowest BCUT2D eigenvalue weighted by molar-refractivity contribution is -0.124. The molecule has 50 heavy (non-hydrogen) atoms. The number of carbonyl (C=O) groups excluding carboxylic acids is 2. The summed E-state index contributed by atoms with van der Waals surface area (Å²) in [4.78, 5) is 40.7. The summed E-state index contributed by atoms with van der Waals surface area (Å²) in [5.74, 6) is 2.83. The highest BCUT2D eigenvalue weighted by Crippen LogP contribution is 2.58. The summed E-state index contributed by atoms with van der Waals surface area (Å²) in [6.07, 6.45) is 12.6. The predicted octanol–water partition coefficient (Wildman–Crippen LogP) is 8.62. The Balaban J connectivity index is 1.10. The first kappa shape index (κ1) is 34.6. The molecule has 0 spiro atoms. The fourth-order valence-corrected chi connectivity index (χ4v) is 8.94. The number of ether oxygens (including phenoxy) is 2. The SMILES string of the molecule is COc1ccc(C23CCC(CN(c4cc(-c5coc(C(C)(C)C)n5)ccn4)C(=O)[C@H]4CC[C@H](OC(=O)N5CC(C)C5)CC4)(CC2)CC3)cc1C. The maximum Gasteiger partial charge on any atom is 0.410 e. The Morgan fingerprint density at radius 1 is 1.00 bits per heavy atom. The van der Waals surface area contributed by atoms with Gasteiger partial charge in [-0.1, -0.05) is 39.8 Å². The van der Waals surface area contributed by atoms with Gasteiger partial charge in [0.25, 0.3) is 0 Å². The van der Waals surface area contributed by atoms with E-state index in [1.807, 2.05) is 17.0 Å². The van der Waals surface area contributed by atoms with Crippen LogP contribution in [0, 0.1) is 24.2 Å². The number of hydrogen-bond acceptors (Lipinski definition) is 7. The summed E-state index contributed by atoms with van der Waals surface area (Å²) >= 11 is 0. The summed E-state index contributed by atoms with van der Waals surface area (Å²) in [7, 11) is 1.73. The Labute approximate surface area is 297 Å². The number of pyridine rings is 1. The Kier molecular flexibility index (Phi) is 9.23. The fraction of sp³-hybridized carbons (Fsp3) is 0.610. The van der Waals surface area contributed by atoms with E-state index in [1.54, 1.807) is 24.5 Å². The molecule has 5 aliphatic rings. The van der Waals surface area contributed by atoms with Crippen LogP contribution < -0.4 is 9.64 Å². The number of amides is 2. The Morgan fingerprint density at radius 2 is 1.70 bits per heavy atom. The summed E-state index contributed by atoms with van der Waals surface area (Å²) in [6.45, 7) is 12.7. The van der Waals surface area contributed by atoms with Crippen molar-refractivity contribution in [3.63, 3.8) is 0 Å². The molecule has 0 radical (unpaired) electrons. The average molecular weight is 683 g/mol. The van der Waals surface area contributed by atoms with Crippen molar-refractivity contribution < 1.29 is 23.5 Å². The highest BCUT2D eigenvalue weighted by atomic mass is 16.6. The molecule has 4 saturated carbocycles. The van der Waals surface area contributed by atoms with E-state index < -0.39 is 0 Å². The zero-order valence-electron chi connectivity index (χ0n) is 30.8. The number of nitrogens with zero attached hydrogens (tertiary/aromatic N) is 4. The number of likely N-dealkylation sites (tertiary alicyclic amines) is 1. The molecule has 0 unspecified atom stereocenters. The minimum atomic E-state index is -0.211. The molecule has 5 fully saturated rings. The number of aromatic nitrogens is 2. The number of carbonyl (C=O) groups is 2. The van der Waals surface area contributed by atoms with Crippen molar-refractivity contribution in [2.45, 2.75) is 116 Å². The minimum Gasteiger partial charge on any atom is -0.496 e. The van der Waals surface area contributed by atoms with Gasteiger partial charge < -0.3 is 18.8 Å². The topological polar surface area (TPSA) is 98.0 Å². The summed E-state index contributed by atoms with van der Waals surface area (Å²) in [6, 6.07) is 10.7. The maximum atomic E-state index is 14.7. The van der Waals surface area contributed by atoms with Gasteiger partial charge in [0.2, 0.25) is 5.91 Å². The lowest BCUT2D eigenvalue weighted by atomic mass is 9.51. The normalized spacial score (nSPS) is 26.7. The highest BCUT2D eigenvalue weighted by Gasteiger charge is 2.51. The number of rotatable bonds is 8. The van der Waals surface area contributed by atoms with Crippen LogP contribution in [0.1, 0.15) is 109 Å². The molecule has 4 aliphatic carbocycles. The van der Waals surface area contributed by atoms with E-state index in [0.717, 1.165) is 68.6 Å². The van der Waals surface area contributed by atoms with Crippen molar-refractivity contribution >= 4 is 17.8 Å². The molecule has 2 aromatic heterocycles. The first-order valence-corrected chi connectivity index (χ1v) is 18.7. The second kappa shape index (κ2) is 13.3. The zero-order chi connectivity index (χ0) is 35.3. The molecule has 2 bridgehead atoms. The third-order valence-corrected chi connectivity index (χ3v) is 12.2. The van der Waals surface area contributed by atoms with Crippen LogP contribution in [-0.2, 0) is 20.4 Å². The molecular weight excluding hydrogens is 628 g/mol. The van der Waals surface area contributed by atoms with Crippen LogP contribution in [-0.4, -0.2) is 59.7 Å². The summed E-state index contributed by atoms with van der Waals surface area (Å²) in [5.41, 5.74) is 4.27. The van der Waals surface area contributed by atoms with Gasteiger partial charge in [-0.3, -0.25) is 9.69 Å². The van der Waals surface area contributed by atoms with Gasteiger partial charge in [-0.25, -0.2) is 14.8 Å². The largest absolute Gasteiger partial charge is 0.496 e. The van der Waals surface area contributed by atoms with Crippen LogP contribution >= 0.6 is 0 Å². The van der Waals surface area contributed by atoms with Gasteiger partial charge in [0.15, 0.2) is 5.89 Å². The summed E-state index contributed by atoms with van der Waals surface area (Å²) < 4.78 is 17.3. The first-order chi connectivity index (χ1) is 23.9. The average Bonchev–Trinajstić information content (AvgIpc) is 3.62. The lowest BCUT2D eigenvalue weighted by Gasteiger charge is -2.55. The van der Waals surface area contributed by atoms with Crippen molar-refractivity contribution in [3.8, 4) is 17.0 Å². The van der Waals surface area contributed by atoms with Crippen LogP contribution in [0.3, 0.4) is 0 Å². The van der Waals surface area contributed by atoms with E-state index in [-0.39, 0.29) is 40.3 Å². The Hall–Kier alpha value is -3.88. The molecule has 1 saturated heterocycles. The first-order valence-electron chi connectivity index (χ1n) is 18.7. The van der Waals surface area contributed by atoms with Crippen molar-refractivity contribution in [1.29, 1.82) is 0 Å². The quantitative estimate of drug-likeness (QED) is 0.235. The number of methoxy groups -OCH3 is 1. The van der Waals surface area contributed by atoms with E-state index in [1.165, 1.54) is 11.1 Å². The van der Waals surface area contributed by atoms with Crippen LogP contribution in [0.2, 0.25) is 0 Å². The molecule has 0 atom stereocenters. The number of oxazole rings is 1. The van der Waals surface area contributed by atoms with Gasteiger partial charge in [0, 0.05) is 42.7 Å². The van der Waals surface area contributed by atoms with Crippen LogP contribution in [0.25, 0.3) is 11.3 Å². The van der Waals surface area contributed by atoms with E-state index in [2.05, 4.69) is 52.8 Å².